The van der Waals surface area contributed by atoms with Crippen LogP contribution < -0.4 is 4.74 Å². The molecule has 0 saturated heterocycles. The first-order chi connectivity index (χ1) is 18.0. The highest BCUT2D eigenvalue weighted by molar-refractivity contribution is 7.79. The summed E-state index contributed by atoms with van der Waals surface area (Å²) in [6.45, 7) is -1.37. The van der Waals surface area contributed by atoms with Gasteiger partial charge in [0.05, 0.1) is 32.0 Å². The number of aliphatic hydroxyl groups is 10. The van der Waals surface area contributed by atoms with Crippen LogP contribution in [0.4, 0.5) is 0 Å². The van der Waals surface area contributed by atoms with Crippen molar-refractivity contribution in [2.45, 2.75) is 80.3 Å². The van der Waals surface area contributed by atoms with Crippen LogP contribution in [-0.4, -0.2) is 144 Å². The molecule has 39 heavy (non-hydrogen) atoms. The minimum Gasteiger partial charge on any atom is -0.494 e. The molecule has 0 radical (unpaired) electrons. The van der Waals surface area contributed by atoms with Crippen LogP contribution in [-0.2, 0) is 5.75 Å². The molecule has 0 bridgehead atoms. The molecule has 1 rings (SSSR count). The topological polar surface area (TPSA) is 215 Å². The summed E-state index contributed by atoms with van der Waals surface area (Å²) in [5.74, 6) is 1.42. The lowest BCUT2D eigenvalue weighted by Gasteiger charge is -2.33. The predicted octanol–water partition coefficient (Wildman–Crippen LogP) is -2.35. The average molecular weight is 604 g/mol. The molecule has 12 nitrogen and oxygen atoms in total. The zero-order valence-electron chi connectivity index (χ0n) is 21.9. The number of benzene rings is 1. The number of unbranched alkanes of at least 4 members (excludes halogenated alkanes) is 3. The molecule has 0 aliphatic rings. The number of aliphatic hydroxyl groups excluding tert-OH is 10. The van der Waals surface area contributed by atoms with E-state index in [0.717, 1.165) is 30.6 Å². The number of nitrogens with zero attached hydrogens (tertiary/aromatic N) is 1. The molecular formula is C25H46ClNO11S. The fourth-order valence-electron chi connectivity index (χ4n) is 3.80. The zero-order chi connectivity index (χ0) is 28.7. The Balaban J connectivity index is 0.0000144. The molecule has 0 aliphatic carbocycles. The lowest BCUT2D eigenvalue weighted by atomic mass is 10.0. The smallest absolute Gasteiger partial charge is 0.119 e. The Morgan fingerprint density at radius 3 is 1.51 bits per heavy atom. The maximum Gasteiger partial charge on any atom is 0.119 e. The van der Waals surface area contributed by atoms with Crippen LogP contribution in [0.3, 0.4) is 0 Å². The van der Waals surface area contributed by atoms with Gasteiger partial charge in [-0.15, -0.1) is 12.4 Å². The van der Waals surface area contributed by atoms with E-state index in [9.17, 15) is 40.9 Å². The summed E-state index contributed by atoms with van der Waals surface area (Å²) in [6, 6.07) is 7.66. The van der Waals surface area contributed by atoms with E-state index in [1.54, 1.807) is 0 Å². The minimum absolute atomic E-state index is 0. The molecular weight excluding hydrogens is 558 g/mol. The predicted molar refractivity (Wildman–Crippen MR) is 149 cm³/mol. The molecule has 0 saturated carbocycles. The summed E-state index contributed by atoms with van der Waals surface area (Å²) < 4.78 is 5.71. The molecule has 10 N–H and O–H groups in total. The van der Waals surface area contributed by atoms with Crippen molar-refractivity contribution in [1.29, 1.82) is 0 Å². The summed E-state index contributed by atoms with van der Waals surface area (Å²) in [6.07, 6.45) is -10.8. The van der Waals surface area contributed by atoms with Crippen molar-refractivity contribution in [1.82, 2.24) is 4.90 Å². The van der Waals surface area contributed by atoms with Gasteiger partial charge < -0.3 is 55.8 Å². The molecule has 0 spiro atoms. The Morgan fingerprint density at radius 2 is 1.08 bits per heavy atom. The summed E-state index contributed by atoms with van der Waals surface area (Å²) in [5, 5.41) is 97.8. The highest BCUT2D eigenvalue weighted by atomic mass is 35.5. The fraction of sp³-hybridized carbons (Fsp3) is 0.760. The van der Waals surface area contributed by atoms with Gasteiger partial charge in [0, 0.05) is 18.8 Å². The molecule has 8 unspecified atom stereocenters. The third-order valence-electron chi connectivity index (χ3n) is 6.28. The van der Waals surface area contributed by atoms with Crippen molar-refractivity contribution in [2.24, 2.45) is 0 Å². The number of rotatable bonds is 21. The molecule has 0 aromatic heterocycles. The number of hydrogen-bond acceptors (Lipinski definition) is 13. The molecule has 1 aromatic rings. The number of halogens is 1. The van der Waals surface area contributed by atoms with Crippen LogP contribution in [0.15, 0.2) is 24.3 Å². The maximum atomic E-state index is 10.4. The number of hydrogen-bond donors (Lipinski definition) is 11. The molecule has 0 aliphatic heterocycles. The Kier molecular flexibility index (Phi) is 20.6. The van der Waals surface area contributed by atoms with Crippen LogP contribution in [0.2, 0.25) is 0 Å². The van der Waals surface area contributed by atoms with Gasteiger partial charge in [0.15, 0.2) is 0 Å². The Hall–Kier alpha value is -0.780. The summed E-state index contributed by atoms with van der Waals surface area (Å²) >= 11 is 4.22. The van der Waals surface area contributed by atoms with Gasteiger partial charge in [-0.3, -0.25) is 4.90 Å². The maximum absolute atomic E-state index is 10.4. The van der Waals surface area contributed by atoms with Crippen molar-refractivity contribution in [3.05, 3.63) is 29.8 Å². The van der Waals surface area contributed by atoms with Crippen LogP contribution in [0.5, 0.6) is 5.75 Å². The summed E-state index contributed by atoms with van der Waals surface area (Å²) in [4.78, 5) is 1.50. The molecule has 230 valence electrons. The molecule has 14 heteroatoms. The van der Waals surface area contributed by atoms with E-state index in [4.69, 9.17) is 14.9 Å². The summed E-state index contributed by atoms with van der Waals surface area (Å²) in [5.41, 5.74) is 1.10. The van der Waals surface area contributed by atoms with E-state index in [0.29, 0.717) is 25.3 Å². The zero-order valence-corrected chi connectivity index (χ0v) is 23.6. The van der Waals surface area contributed by atoms with Gasteiger partial charge in [-0.2, -0.15) is 12.6 Å². The first-order valence-electron chi connectivity index (χ1n) is 12.8. The van der Waals surface area contributed by atoms with Gasteiger partial charge in [0.1, 0.15) is 42.4 Å². The van der Waals surface area contributed by atoms with Gasteiger partial charge in [-0.05, 0) is 37.1 Å². The normalized spacial score (nSPS) is 17.9. The van der Waals surface area contributed by atoms with Gasteiger partial charge in [-0.25, -0.2) is 0 Å². The first kappa shape index (κ1) is 38.2. The van der Waals surface area contributed by atoms with Crippen molar-refractivity contribution < 1.29 is 55.8 Å². The van der Waals surface area contributed by atoms with E-state index in [2.05, 4.69) is 12.6 Å². The summed E-state index contributed by atoms with van der Waals surface area (Å²) in [7, 11) is 0. The van der Waals surface area contributed by atoms with E-state index in [-0.39, 0.29) is 25.5 Å². The van der Waals surface area contributed by atoms with Crippen LogP contribution in [0, 0.1) is 0 Å². The lowest BCUT2D eigenvalue weighted by molar-refractivity contribution is -0.130. The second-order valence-corrected chi connectivity index (χ2v) is 9.74. The lowest BCUT2D eigenvalue weighted by Crippen LogP contribution is -2.53. The molecule has 0 heterocycles. The largest absolute Gasteiger partial charge is 0.494 e. The van der Waals surface area contributed by atoms with Crippen molar-refractivity contribution in [2.75, 3.05) is 39.5 Å². The van der Waals surface area contributed by atoms with Crippen LogP contribution in [0.1, 0.15) is 31.2 Å². The Bertz CT molecular complexity index is 708. The third kappa shape index (κ3) is 14.1. The van der Waals surface area contributed by atoms with Crippen LogP contribution in [0.25, 0.3) is 0 Å². The fourth-order valence-corrected chi connectivity index (χ4v) is 4.01. The Morgan fingerprint density at radius 1 is 0.641 bits per heavy atom. The van der Waals surface area contributed by atoms with Crippen molar-refractivity contribution in [3.63, 3.8) is 0 Å². The van der Waals surface area contributed by atoms with Gasteiger partial charge in [0.25, 0.3) is 0 Å². The quantitative estimate of drug-likeness (QED) is 0.0526. The third-order valence-corrected chi connectivity index (χ3v) is 6.65. The standard InChI is InChI=1S/C25H45NO11S.ClH/c27-13-20(31)24(35)22(33)18(29)11-26(12-19(30)23(34)25(36)21(32)14-28)9-3-1-2-4-10-37-17-7-5-16(15-38)6-8-17;/h5-8,18-25,27-36,38H,1-4,9-15H2;1H. The van der Waals surface area contributed by atoms with E-state index >= 15 is 0 Å². The number of ether oxygens (including phenoxy) is 1. The Labute approximate surface area is 240 Å². The highest BCUT2D eigenvalue weighted by Crippen LogP contribution is 2.15. The van der Waals surface area contributed by atoms with Crippen LogP contribution >= 0.6 is 25.0 Å². The van der Waals surface area contributed by atoms with Gasteiger partial charge >= 0.3 is 0 Å². The SMILES string of the molecule is Cl.OCC(O)C(O)C(O)C(O)CN(CCCCCCOc1ccc(CS)cc1)CC(O)C(O)C(O)C(O)CO. The molecule has 8 atom stereocenters. The molecule has 0 amide bonds. The second-order valence-electron chi connectivity index (χ2n) is 9.42. The minimum atomic E-state index is -1.82. The van der Waals surface area contributed by atoms with Gasteiger partial charge in [-0.1, -0.05) is 25.0 Å². The van der Waals surface area contributed by atoms with E-state index < -0.39 is 62.0 Å². The van der Waals surface area contributed by atoms with Crippen molar-refractivity contribution >= 4 is 25.0 Å². The average Bonchev–Trinajstić information content (AvgIpc) is 2.93. The van der Waals surface area contributed by atoms with Gasteiger partial charge in [0.2, 0.25) is 0 Å². The monoisotopic (exact) mass is 603 g/mol. The molecule has 1 aromatic carbocycles. The highest BCUT2D eigenvalue weighted by Gasteiger charge is 2.34. The van der Waals surface area contributed by atoms with E-state index in [1.165, 1.54) is 4.90 Å². The second kappa shape index (κ2) is 21.0. The first-order valence-corrected chi connectivity index (χ1v) is 13.4. The molecule has 0 fully saturated rings. The van der Waals surface area contributed by atoms with Crippen molar-refractivity contribution in [3.8, 4) is 5.75 Å². The number of thiol groups is 1. The van der Waals surface area contributed by atoms with E-state index in [1.807, 2.05) is 24.3 Å².